The van der Waals surface area contributed by atoms with Gasteiger partial charge in [0.2, 0.25) is 5.91 Å². The predicted octanol–water partition coefficient (Wildman–Crippen LogP) is 1.03. The fourth-order valence-electron chi connectivity index (χ4n) is 2.98. The average Bonchev–Trinajstić information content (AvgIpc) is 2.94. The predicted molar refractivity (Wildman–Crippen MR) is 65.0 cm³/mol. The Balaban J connectivity index is 1.82. The van der Waals surface area contributed by atoms with Gasteiger partial charge in [-0.05, 0) is 26.2 Å². The van der Waals surface area contributed by atoms with Gasteiger partial charge < -0.3 is 15.2 Å². The molecule has 1 heterocycles. The Bertz CT molecular complexity index is 331. The monoisotopic (exact) mass is 255 g/mol. The largest absolute Gasteiger partial charge is 0.481 e. The van der Waals surface area contributed by atoms with E-state index in [2.05, 4.69) is 5.32 Å². The van der Waals surface area contributed by atoms with Crippen molar-refractivity contribution in [3.63, 3.8) is 0 Å². The highest BCUT2D eigenvalue weighted by Crippen LogP contribution is 2.32. The Hall–Kier alpha value is -1.10. The van der Waals surface area contributed by atoms with Crippen LogP contribution in [0.2, 0.25) is 0 Å². The van der Waals surface area contributed by atoms with Gasteiger partial charge in [0.15, 0.2) is 0 Å². The van der Waals surface area contributed by atoms with E-state index in [1.54, 1.807) is 0 Å². The molecule has 0 aromatic rings. The molecule has 0 radical (unpaired) electrons. The van der Waals surface area contributed by atoms with Crippen molar-refractivity contribution in [3.8, 4) is 0 Å². The van der Waals surface area contributed by atoms with Crippen LogP contribution in [-0.2, 0) is 14.3 Å². The van der Waals surface area contributed by atoms with E-state index in [1.165, 1.54) is 0 Å². The zero-order valence-electron chi connectivity index (χ0n) is 10.7. The molecule has 2 aliphatic rings. The highest BCUT2D eigenvalue weighted by molar-refractivity contribution is 5.85. The standard InChI is InChI=1S/C13H21NO4/c1-8-9(5-6-18-8)7-14-12(15)10-3-2-4-11(10)13(16)17/h8-11H,2-7H2,1H3,(H,14,15)(H,16,17)/t8?,9?,10-,11+/m1/s1. The zero-order valence-corrected chi connectivity index (χ0v) is 10.7. The second-order valence-electron chi connectivity index (χ2n) is 5.35. The number of nitrogens with one attached hydrogen (secondary N) is 1. The van der Waals surface area contributed by atoms with Crippen LogP contribution < -0.4 is 5.32 Å². The summed E-state index contributed by atoms with van der Waals surface area (Å²) >= 11 is 0. The molecular formula is C13H21NO4. The maximum Gasteiger partial charge on any atom is 0.307 e. The third kappa shape index (κ3) is 2.83. The van der Waals surface area contributed by atoms with Crippen molar-refractivity contribution in [2.75, 3.05) is 13.2 Å². The molecule has 2 unspecified atom stereocenters. The van der Waals surface area contributed by atoms with Crippen LogP contribution in [0.15, 0.2) is 0 Å². The van der Waals surface area contributed by atoms with Gasteiger partial charge in [0.25, 0.3) is 0 Å². The number of rotatable bonds is 4. The van der Waals surface area contributed by atoms with Crippen LogP contribution in [0.25, 0.3) is 0 Å². The molecule has 2 rings (SSSR count). The van der Waals surface area contributed by atoms with Crippen molar-refractivity contribution in [3.05, 3.63) is 0 Å². The van der Waals surface area contributed by atoms with Gasteiger partial charge in [-0.3, -0.25) is 9.59 Å². The van der Waals surface area contributed by atoms with Gasteiger partial charge >= 0.3 is 5.97 Å². The fraction of sp³-hybridized carbons (Fsp3) is 0.846. The summed E-state index contributed by atoms with van der Waals surface area (Å²) < 4.78 is 5.44. The lowest BCUT2D eigenvalue weighted by Crippen LogP contribution is -2.38. The molecule has 102 valence electrons. The normalized spacial score (nSPS) is 35.6. The third-order valence-electron chi connectivity index (χ3n) is 4.24. The first-order valence-electron chi connectivity index (χ1n) is 6.71. The van der Waals surface area contributed by atoms with E-state index in [0.717, 1.165) is 19.4 Å². The molecule has 18 heavy (non-hydrogen) atoms. The van der Waals surface area contributed by atoms with Gasteiger partial charge in [0.05, 0.1) is 17.9 Å². The molecule has 0 aromatic heterocycles. The van der Waals surface area contributed by atoms with Gasteiger partial charge in [-0.15, -0.1) is 0 Å². The number of hydrogen-bond acceptors (Lipinski definition) is 3. The van der Waals surface area contributed by atoms with Crippen molar-refractivity contribution in [1.29, 1.82) is 0 Å². The topological polar surface area (TPSA) is 75.6 Å². The van der Waals surface area contributed by atoms with E-state index < -0.39 is 11.9 Å². The van der Waals surface area contributed by atoms with Crippen LogP contribution in [0.1, 0.15) is 32.6 Å². The Morgan fingerprint density at radius 2 is 2.00 bits per heavy atom. The molecule has 5 heteroatoms. The smallest absolute Gasteiger partial charge is 0.307 e. The number of carboxylic acids is 1. The van der Waals surface area contributed by atoms with Crippen LogP contribution in [0.3, 0.4) is 0 Å². The minimum atomic E-state index is -0.842. The molecule has 2 fully saturated rings. The number of carbonyl (C=O) groups is 2. The number of ether oxygens (including phenoxy) is 1. The van der Waals surface area contributed by atoms with Crippen molar-refractivity contribution >= 4 is 11.9 Å². The minimum absolute atomic E-state index is 0.0981. The quantitative estimate of drug-likeness (QED) is 0.786. The van der Waals surface area contributed by atoms with E-state index in [1.807, 2.05) is 6.92 Å². The number of aliphatic carboxylic acids is 1. The molecule has 2 N–H and O–H groups in total. The van der Waals surface area contributed by atoms with Gasteiger partial charge in [-0.2, -0.15) is 0 Å². The summed E-state index contributed by atoms with van der Waals surface area (Å²) in [4.78, 5) is 23.0. The third-order valence-corrected chi connectivity index (χ3v) is 4.24. The lowest BCUT2D eigenvalue weighted by Gasteiger charge is -2.19. The number of amides is 1. The van der Waals surface area contributed by atoms with Gasteiger partial charge in [-0.25, -0.2) is 0 Å². The lowest BCUT2D eigenvalue weighted by molar-refractivity contribution is -0.146. The second kappa shape index (κ2) is 5.69. The van der Waals surface area contributed by atoms with Crippen LogP contribution in [0.4, 0.5) is 0 Å². The Labute approximate surface area is 107 Å². The SMILES string of the molecule is CC1OCCC1CNC(=O)[C@@H]1CCC[C@@H]1C(=O)O. The van der Waals surface area contributed by atoms with Crippen molar-refractivity contribution in [2.45, 2.75) is 38.7 Å². The van der Waals surface area contributed by atoms with Gasteiger partial charge in [0.1, 0.15) is 0 Å². The van der Waals surface area contributed by atoms with Crippen LogP contribution in [0.5, 0.6) is 0 Å². The van der Waals surface area contributed by atoms with Gasteiger partial charge in [-0.1, -0.05) is 6.42 Å². The maximum absolute atomic E-state index is 12.0. The van der Waals surface area contributed by atoms with E-state index >= 15 is 0 Å². The fourth-order valence-corrected chi connectivity index (χ4v) is 2.98. The summed E-state index contributed by atoms with van der Waals surface area (Å²) in [7, 11) is 0. The van der Waals surface area contributed by atoms with Crippen molar-refractivity contribution in [1.82, 2.24) is 5.32 Å². The first-order chi connectivity index (χ1) is 8.59. The zero-order chi connectivity index (χ0) is 13.1. The maximum atomic E-state index is 12.0. The summed E-state index contributed by atoms with van der Waals surface area (Å²) in [6.45, 7) is 3.37. The molecule has 5 nitrogen and oxygen atoms in total. The first kappa shape index (κ1) is 13.3. The summed E-state index contributed by atoms with van der Waals surface area (Å²) in [5.41, 5.74) is 0. The molecular weight excluding hydrogens is 234 g/mol. The Morgan fingerprint density at radius 3 is 2.61 bits per heavy atom. The Kier molecular flexibility index (Phi) is 4.22. The first-order valence-corrected chi connectivity index (χ1v) is 6.71. The van der Waals surface area contributed by atoms with E-state index in [4.69, 9.17) is 9.84 Å². The molecule has 0 bridgehead atoms. The van der Waals surface area contributed by atoms with Crippen LogP contribution >= 0.6 is 0 Å². The molecule has 1 aliphatic heterocycles. The van der Waals surface area contributed by atoms with Crippen molar-refractivity contribution in [2.24, 2.45) is 17.8 Å². The highest BCUT2D eigenvalue weighted by atomic mass is 16.5. The molecule has 1 saturated carbocycles. The molecule has 1 amide bonds. The summed E-state index contributed by atoms with van der Waals surface area (Å²) in [5, 5.41) is 12.0. The molecule has 0 aromatic carbocycles. The molecule has 1 aliphatic carbocycles. The van der Waals surface area contributed by atoms with Crippen molar-refractivity contribution < 1.29 is 19.4 Å². The van der Waals surface area contributed by atoms with E-state index in [-0.39, 0.29) is 17.9 Å². The number of carbonyl (C=O) groups excluding carboxylic acids is 1. The Morgan fingerprint density at radius 1 is 1.28 bits per heavy atom. The average molecular weight is 255 g/mol. The van der Waals surface area contributed by atoms with E-state index in [0.29, 0.717) is 25.3 Å². The van der Waals surface area contributed by atoms with E-state index in [9.17, 15) is 9.59 Å². The lowest BCUT2D eigenvalue weighted by atomic mass is 9.95. The molecule has 4 atom stereocenters. The van der Waals surface area contributed by atoms with Crippen LogP contribution in [-0.4, -0.2) is 36.2 Å². The summed E-state index contributed by atoms with van der Waals surface area (Å²) in [6, 6.07) is 0. The second-order valence-corrected chi connectivity index (χ2v) is 5.35. The number of carboxylic acid groups (broad SMARTS) is 1. The summed E-state index contributed by atoms with van der Waals surface area (Å²) in [6.07, 6.45) is 3.30. The highest BCUT2D eigenvalue weighted by Gasteiger charge is 2.38. The molecule has 1 saturated heterocycles. The number of hydrogen-bond donors (Lipinski definition) is 2. The van der Waals surface area contributed by atoms with Crippen LogP contribution in [0, 0.1) is 17.8 Å². The molecule has 0 spiro atoms. The van der Waals surface area contributed by atoms with Gasteiger partial charge in [0, 0.05) is 19.1 Å². The summed E-state index contributed by atoms with van der Waals surface area (Å²) in [5.74, 6) is -1.43. The minimum Gasteiger partial charge on any atom is -0.481 e.